The van der Waals surface area contributed by atoms with E-state index in [1.54, 1.807) is 18.2 Å². The maximum absolute atomic E-state index is 14.1. The van der Waals surface area contributed by atoms with Crippen LogP contribution in [-0.4, -0.2) is 47.9 Å². The first kappa shape index (κ1) is 33.6. The molecule has 2 aliphatic heterocycles. The van der Waals surface area contributed by atoms with Gasteiger partial charge in [0, 0.05) is 44.5 Å². The van der Waals surface area contributed by atoms with Gasteiger partial charge < -0.3 is 15.0 Å². The Kier molecular flexibility index (Phi) is 8.10. The van der Waals surface area contributed by atoms with Crippen molar-refractivity contribution < 1.29 is 32.5 Å². The van der Waals surface area contributed by atoms with Crippen LogP contribution < -0.4 is 25.0 Å². The topological polar surface area (TPSA) is 212 Å². The van der Waals surface area contributed by atoms with Crippen molar-refractivity contribution in [2.24, 2.45) is 34.7 Å². The number of carbonyl (C=O) groups excluding carboxylic acids is 3. The molecule has 2 bridgehead atoms. The first-order valence-corrected chi connectivity index (χ1v) is 19.3. The van der Waals surface area contributed by atoms with E-state index in [0.29, 0.717) is 33.5 Å². The van der Waals surface area contributed by atoms with Crippen molar-refractivity contribution in [1.82, 2.24) is 4.98 Å². The molecular weight excluding hydrogens is 742 g/mol. The van der Waals surface area contributed by atoms with E-state index < -0.39 is 45.2 Å². The monoisotopic (exact) mass is 767 g/mol. The van der Waals surface area contributed by atoms with Gasteiger partial charge in [-0.1, -0.05) is 22.9 Å². The Balaban J connectivity index is 1.10. The highest BCUT2D eigenvalue weighted by Gasteiger charge is 2.70. The van der Waals surface area contributed by atoms with Crippen molar-refractivity contribution in [1.29, 1.82) is 0 Å². The van der Waals surface area contributed by atoms with Crippen LogP contribution in [0.25, 0.3) is 0 Å². The number of anilines is 2. The zero-order valence-corrected chi connectivity index (χ0v) is 29.3. The second-order valence-corrected chi connectivity index (χ2v) is 17.0. The second-order valence-electron chi connectivity index (χ2n) is 12.8. The van der Waals surface area contributed by atoms with Crippen molar-refractivity contribution >= 4 is 79.5 Å². The number of hydrogen-bond donors (Lipinski definition) is 3. The first-order valence-electron chi connectivity index (χ1n) is 15.7. The Morgan fingerprint density at radius 2 is 1.73 bits per heavy atom. The van der Waals surface area contributed by atoms with Crippen molar-refractivity contribution in [3.8, 4) is 5.75 Å². The molecule has 0 radical (unpaired) electrons. The Bertz CT molecular complexity index is 2310. The number of nitro groups is 1. The smallest absolute Gasteiger partial charge is 0.305 e. The summed E-state index contributed by atoms with van der Waals surface area (Å²) in [6.45, 7) is -0.411. The molecule has 2 aliphatic carbocycles. The lowest BCUT2D eigenvalue weighted by atomic mass is 9.68. The molecule has 7 atom stereocenters. The van der Waals surface area contributed by atoms with Gasteiger partial charge in [0.25, 0.3) is 11.6 Å². The molecule has 3 fully saturated rings. The van der Waals surface area contributed by atoms with Crippen molar-refractivity contribution in [3.05, 3.63) is 102 Å². The van der Waals surface area contributed by atoms with Crippen LogP contribution in [0.4, 0.5) is 17.1 Å². The number of hydrogen-bond acceptors (Lipinski definition) is 11. The molecule has 18 heteroatoms. The predicted molar refractivity (Wildman–Crippen MR) is 187 cm³/mol. The van der Waals surface area contributed by atoms with Crippen molar-refractivity contribution in [3.63, 3.8) is 0 Å². The Hall–Kier alpha value is -4.55. The molecule has 262 valence electrons. The quantitative estimate of drug-likeness (QED) is 0.131. The zero-order valence-electron chi connectivity index (χ0n) is 26.1. The number of sulfonamides is 1. The molecule has 6 unspecified atom stereocenters. The van der Waals surface area contributed by atoms with Crippen LogP contribution in [0.3, 0.4) is 0 Å². The summed E-state index contributed by atoms with van der Waals surface area (Å²) in [5, 5.41) is 20.0. The van der Waals surface area contributed by atoms with Crippen LogP contribution in [0.5, 0.6) is 5.75 Å². The molecule has 51 heavy (non-hydrogen) atoms. The van der Waals surface area contributed by atoms with E-state index >= 15 is 0 Å². The number of fused-ring (bicyclic) bond motifs is 9. The van der Waals surface area contributed by atoms with Crippen LogP contribution in [0.2, 0.25) is 5.02 Å². The number of imide groups is 1. The number of non-ortho nitro benzene ring substituents is 1. The minimum Gasteiger partial charge on any atom is -0.483 e. The fourth-order valence-corrected chi connectivity index (χ4v) is 11.9. The first-order chi connectivity index (χ1) is 24.3. The largest absolute Gasteiger partial charge is 0.483 e. The highest BCUT2D eigenvalue weighted by molar-refractivity contribution is 8.00. The third-order valence-corrected chi connectivity index (χ3v) is 13.9. The van der Waals surface area contributed by atoms with Gasteiger partial charge in [-0.15, -0.1) is 11.8 Å². The fourth-order valence-electron chi connectivity index (χ4n) is 8.31. The van der Waals surface area contributed by atoms with Crippen LogP contribution >= 0.6 is 34.7 Å². The predicted octanol–water partition coefficient (Wildman–Crippen LogP) is 4.34. The van der Waals surface area contributed by atoms with Gasteiger partial charge in [0.15, 0.2) is 6.61 Å². The minimum atomic E-state index is -3.90. The fraction of sp³-hybridized carbons (Fsp3) is 0.273. The number of carbonyl (C=O) groups is 3. The Morgan fingerprint density at radius 1 is 1.04 bits per heavy atom. The molecule has 1 saturated heterocycles. The van der Waals surface area contributed by atoms with Gasteiger partial charge in [-0.2, -0.15) is 0 Å². The molecule has 0 spiro atoms. The summed E-state index contributed by atoms with van der Waals surface area (Å²) < 4.78 is 29.2. The van der Waals surface area contributed by atoms with E-state index in [0.717, 1.165) is 21.1 Å². The number of nitrogens with one attached hydrogen (secondary N) is 2. The molecule has 3 amide bonds. The summed E-state index contributed by atoms with van der Waals surface area (Å²) in [6, 6.07) is 15.7. The molecule has 1 aromatic heterocycles. The normalized spacial score (nSPS) is 26.1. The van der Waals surface area contributed by atoms with E-state index in [9.17, 15) is 37.7 Å². The van der Waals surface area contributed by atoms with Gasteiger partial charge >= 0.3 is 4.87 Å². The number of nitrogens with two attached hydrogens (primary N) is 1. The maximum Gasteiger partial charge on any atom is 0.305 e. The molecule has 14 nitrogen and oxygen atoms in total. The number of ether oxygens (including phenoxy) is 1. The molecule has 4 N–H and O–H groups in total. The van der Waals surface area contributed by atoms with E-state index in [1.807, 2.05) is 0 Å². The van der Waals surface area contributed by atoms with Crippen LogP contribution in [0, 0.1) is 39.7 Å². The third kappa shape index (κ3) is 5.63. The lowest BCUT2D eigenvalue weighted by Gasteiger charge is -2.43. The number of rotatable bonds is 8. The van der Waals surface area contributed by atoms with Gasteiger partial charge in [0.2, 0.25) is 21.8 Å². The average molecular weight is 768 g/mol. The van der Waals surface area contributed by atoms with E-state index in [4.69, 9.17) is 21.5 Å². The van der Waals surface area contributed by atoms with E-state index in [2.05, 4.69) is 10.3 Å². The molecule has 4 aromatic rings. The summed E-state index contributed by atoms with van der Waals surface area (Å²) >= 11 is 9.12. The molecule has 3 aromatic carbocycles. The number of nitro benzene ring substituents is 1. The summed E-state index contributed by atoms with van der Waals surface area (Å²) in [6.07, 6.45) is 0.627. The highest BCUT2D eigenvalue weighted by Crippen LogP contribution is 2.69. The molecule has 3 heterocycles. The number of primary sulfonamides is 1. The van der Waals surface area contributed by atoms with Gasteiger partial charge in [-0.3, -0.25) is 34.2 Å². The minimum absolute atomic E-state index is 0.104. The summed E-state index contributed by atoms with van der Waals surface area (Å²) in [5.41, 5.74) is 1.09. The lowest BCUT2D eigenvalue weighted by Crippen LogP contribution is -2.42. The summed E-state index contributed by atoms with van der Waals surface area (Å²) in [7, 11) is -3.90. The summed E-state index contributed by atoms with van der Waals surface area (Å²) in [5.74, 6) is -3.10. The number of thioether (sulfide) groups is 1. The van der Waals surface area contributed by atoms with Gasteiger partial charge in [0.1, 0.15) is 5.75 Å². The summed E-state index contributed by atoms with van der Waals surface area (Å²) in [4.78, 5) is 68.9. The molecule has 8 rings (SSSR count). The number of aromatic nitrogens is 1. The number of benzene rings is 3. The molecule has 2 saturated carbocycles. The van der Waals surface area contributed by atoms with Crippen LogP contribution in [0.15, 0.2) is 81.4 Å². The number of aromatic amines is 1. The van der Waals surface area contributed by atoms with Crippen molar-refractivity contribution in [2.45, 2.75) is 27.5 Å². The van der Waals surface area contributed by atoms with Gasteiger partial charge in [-0.25, -0.2) is 13.6 Å². The van der Waals surface area contributed by atoms with Gasteiger partial charge in [0.05, 0.1) is 32.4 Å². The van der Waals surface area contributed by atoms with Crippen molar-refractivity contribution in [2.75, 3.05) is 16.8 Å². The number of nitrogens with zero attached hydrogens (tertiary/aromatic N) is 2. The molecular formula is C33H26ClN5O9S3. The Morgan fingerprint density at radius 3 is 2.39 bits per heavy atom. The second kappa shape index (κ2) is 12.3. The SMILES string of the molecule is NS(=O)(=O)c1ccc(NC(=O)COc2ccc(Cl)cc2[C@H]2c3sc(=O)[nH]c3SC3C4CC(C5C(=O)N(c6ccc([N+](=O)[O-])cc6)C(=O)C45)C32)cc1. The van der Waals surface area contributed by atoms with E-state index in [1.165, 1.54) is 60.3 Å². The van der Waals surface area contributed by atoms with E-state index in [-0.39, 0.29) is 56.0 Å². The number of H-pyrrole nitrogens is 1. The number of thiazole rings is 1. The molecule has 4 aliphatic rings. The van der Waals surface area contributed by atoms with Crippen LogP contribution in [0.1, 0.15) is 22.8 Å². The van der Waals surface area contributed by atoms with Crippen LogP contribution in [-0.2, 0) is 24.4 Å². The lowest BCUT2D eigenvalue weighted by molar-refractivity contribution is -0.384. The number of amides is 3. The zero-order chi connectivity index (χ0) is 35.9. The third-order valence-electron chi connectivity index (χ3n) is 10.2. The number of halogens is 1. The Labute approximate surface area is 302 Å². The van der Waals surface area contributed by atoms with Gasteiger partial charge in [-0.05, 0) is 78.8 Å². The average Bonchev–Trinajstić information content (AvgIpc) is 3.82. The maximum atomic E-state index is 14.1. The highest BCUT2D eigenvalue weighted by atomic mass is 35.5. The standard InChI is InChI=1S/C33H26ClN5O9S3/c34-14-1-10-22(48-13-23(40)36-15-2-8-18(9-3-15)51(35,46)47)19(11-14)24-25-20-12-21(28(25)49-30-29(24)50-33(43)37-30)27-26(20)31(41)38(32(27)42)16-4-6-17(7-5-16)39(44)45/h1-11,20-21,24-28H,12-13H2,(H,36,40)(H,37,43)(H2,35,46,47)/t20?,21?,24-,25?,26?,27?,28?/m1/s1.